The molecule has 1 aromatic carbocycles. The van der Waals surface area contributed by atoms with Crippen LogP contribution in [0.1, 0.15) is 25.8 Å². The average molecular weight is 227 g/mol. The maximum absolute atomic E-state index is 13.4. The van der Waals surface area contributed by atoms with E-state index in [1.165, 1.54) is 6.07 Å². The molecule has 0 aliphatic heterocycles. The molecule has 0 aliphatic rings. The summed E-state index contributed by atoms with van der Waals surface area (Å²) in [6.45, 7) is 4.71. The van der Waals surface area contributed by atoms with Crippen molar-refractivity contribution in [1.82, 2.24) is 0 Å². The van der Waals surface area contributed by atoms with Crippen molar-refractivity contribution in [2.24, 2.45) is 17.6 Å². The van der Waals surface area contributed by atoms with Gasteiger partial charge in [-0.1, -0.05) is 26.0 Å². The summed E-state index contributed by atoms with van der Waals surface area (Å²) in [5.41, 5.74) is 6.07. The van der Waals surface area contributed by atoms with E-state index < -0.39 is 11.6 Å². The van der Waals surface area contributed by atoms with Gasteiger partial charge in [0, 0.05) is 0 Å². The highest BCUT2D eigenvalue weighted by Crippen LogP contribution is 2.19. The maximum atomic E-state index is 13.4. The first-order valence-electron chi connectivity index (χ1n) is 5.67. The van der Waals surface area contributed by atoms with Crippen molar-refractivity contribution in [3.05, 3.63) is 35.4 Å². The molecule has 0 bridgehead atoms. The zero-order valence-electron chi connectivity index (χ0n) is 9.84. The number of nitrogens with two attached hydrogens (primary N) is 1. The van der Waals surface area contributed by atoms with Crippen molar-refractivity contribution < 1.29 is 8.78 Å². The van der Waals surface area contributed by atoms with Gasteiger partial charge in [-0.05, 0) is 42.9 Å². The fourth-order valence-electron chi connectivity index (χ4n) is 1.95. The molecule has 0 fully saturated rings. The smallest absolute Gasteiger partial charge is 0.162 e. The third-order valence-electron chi connectivity index (χ3n) is 2.68. The van der Waals surface area contributed by atoms with Gasteiger partial charge in [0.2, 0.25) is 0 Å². The van der Waals surface area contributed by atoms with E-state index in [1.807, 2.05) is 0 Å². The molecule has 1 rings (SSSR count). The molecule has 1 nitrogen and oxygen atoms in total. The van der Waals surface area contributed by atoms with Crippen molar-refractivity contribution in [2.45, 2.75) is 26.7 Å². The molecule has 0 spiro atoms. The SMILES string of the molecule is CC(C)CC(CN)Cc1cccc(F)c1F. The third-order valence-corrected chi connectivity index (χ3v) is 2.68. The first-order valence-corrected chi connectivity index (χ1v) is 5.67. The molecule has 0 amide bonds. The van der Waals surface area contributed by atoms with Gasteiger partial charge in [-0.15, -0.1) is 0 Å². The second-order valence-corrected chi connectivity index (χ2v) is 4.65. The fourth-order valence-corrected chi connectivity index (χ4v) is 1.95. The Kier molecular flexibility index (Phi) is 4.87. The molecular formula is C13H19F2N. The van der Waals surface area contributed by atoms with Crippen LogP contribution in [0.5, 0.6) is 0 Å². The summed E-state index contributed by atoms with van der Waals surface area (Å²) >= 11 is 0. The molecule has 3 heteroatoms. The Balaban J connectivity index is 2.74. The van der Waals surface area contributed by atoms with Gasteiger partial charge >= 0.3 is 0 Å². The molecule has 90 valence electrons. The van der Waals surface area contributed by atoms with E-state index in [-0.39, 0.29) is 5.92 Å². The molecule has 0 aliphatic carbocycles. The van der Waals surface area contributed by atoms with Gasteiger partial charge < -0.3 is 5.73 Å². The van der Waals surface area contributed by atoms with Crippen LogP contribution in [-0.2, 0) is 6.42 Å². The lowest BCUT2D eigenvalue weighted by molar-refractivity contribution is 0.404. The molecule has 1 atom stereocenters. The Morgan fingerprint density at radius 1 is 1.25 bits per heavy atom. The molecule has 16 heavy (non-hydrogen) atoms. The summed E-state index contributed by atoms with van der Waals surface area (Å²) in [4.78, 5) is 0. The van der Waals surface area contributed by atoms with Gasteiger partial charge in [-0.3, -0.25) is 0 Å². The molecule has 0 heterocycles. The summed E-state index contributed by atoms with van der Waals surface area (Å²) in [5.74, 6) is -0.774. The van der Waals surface area contributed by atoms with Crippen molar-refractivity contribution in [3.63, 3.8) is 0 Å². The quantitative estimate of drug-likeness (QED) is 0.821. The minimum absolute atomic E-state index is 0.219. The average Bonchev–Trinajstić information content (AvgIpc) is 2.23. The van der Waals surface area contributed by atoms with Crippen LogP contribution < -0.4 is 5.73 Å². The lowest BCUT2D eigenvalue weighted by Crippen LogP contribution is -2.19. The molecule has 0 aromatic heterocycles. The Hall–Kier alpha value is -0.960. The summed E-state index contributed by atoms with van der Waals surface area (Å²) in [6.07, 6.45) is 1.45. The standard InChI is InChI=1S/C13H19F2N/c1-9(2)6-10(8-16)7-11-4-3-5-12(14)13(11)15/h3-5,9-10H,6-8,16H2,1-2H3. The molecule has 2 N–H and O–H groups in total. The molecule has 0 radical (unpaired) electrons. The molecule has 1 aromatic rings. The lowest BCUT2D eigenvalue weighted by atomic mass is 9.91. The number of hydrogen-bond acceptors (Lipinski definition) is 1. The molecule has 1 unspecified atom stereocenters. The summed E-state index contributed by atoms with van der Waals surface area (Å²) in [6, 6.07) is 4.30. The van der Waals surface area contributed by atoms with Crippen molar-refractivity contribution in [3.8, 4) is 0 Å². The van der Waals surface area contributed by atoms with Crippen molar-refractivity contribution in [2.75, 3.05) is 6.54 Å². The Morgan fingerprint density at radius 3 is 2.50 bits per heavy atom. The van der Waals surface area contributed by atoms with Crippen LogP contribution in [0, 0.1) is 23.5 Å². The van der Waals surface area contributed by atoms with E-state index in [2.05, 4.69) is 13.8 Å². The van der Waals surface area contributed by atoms with Crippen LogP contribution in [0.2, 0.25) is 0 Å². The number of benzene rings is 1. The fraction of sp³-hybridized carbons (Fsp3) is 0.538. The second kappa shape index (κ2) is 5.94. The van der Waals surface area contributed by atoms with E-state index in [9.17, 15) is 8.78 Å². The molecule has 0 saturated carbocycles. The van der Waals surface area contributed by atoms with Crippen molar-refractivity contribution in [1.29, 1.82) is 0 Å². The predicted octanol–water partition coefficient (Wildman–Crippen LogP) is 3.13. The minimum atomic E-state index is -0.780. The molecular weight excluding hydrogens is 208 g/mol. The van der Waals surface area contributed by atoms with Crippen LogP contribution in [0.3, 0.4) is 0 Å². The first-order chi connectivity index (χ1) is 7.54. The molecule has 0 saturated heterocycles. The van der Waals surface area contributed by atoms with Crippen LogP contribution in [0.25, 0.3) is 0 Å². The van der Waals surface area contributed by atoms with Gasteiger partial charge in [0.25, 0.3) is 0 Å². The second-order valence-electron chi connectivity index (χ2n) is 4.65. The van der Waals surface area contributed by atoms with Gasteiger partial charge in [0.15, 0.2) is 11.6 Å². The van der Waals surface area contributed by atoms with Crippen LogP contribution in [-0.4, -0.2) is 6.54 Å². The highest BCUT2D eigenvalue weighted by atomic mass is 19.2. The Morgan fingerprint density at radius 2 is 1.94 bits per heavy atom. The zero-order valence-corrected chi connectivity index (χ0v) is 9.84. The van der Waals surface area contributed by atoms with Crippen LogP contribution in [0.15, 0.2) is 18.2 Å². The van der Waals surface area contributed by atoms with Crippen LogP contribution in [0.4, 0.5) is 8.78 Å². The third kappa shape index (κ3) is 3.56. The van der Waals surface area contributed by atoms with E-state index in [0.29, 0.717) is 24.4 Å². The minimum Gasteiger partial charge on any atom is -0.330 e. The monoisotopic (exact) mass is 227 g/mol. The summed E-state index contributed by atoms with van der Waals surface area (Å²) in [5, 5.41) is 0. The van der Waals surface area contributed by atoms with E-state index in [4.69, 9.17) is 5.73 Å². The van der Waals surface area contributed by atoms with Gasteiger partial charge in [0.1, 0.15) is 0 Å². The Labute approximate surface area is 95.7 Å². The van der Waals surface area contributed by atoms with E-state index >= 15 is 0 Å². The zero-order chi connectivity index (χ0) is 12.1. The van der Waals surface area contributed by atoms with Crippen molar-refractivity contribution >= 4 is 0 Å². The lowest BCUT2D eigenvalue weighted by Gasteiger charge is -2.17. The number of halogens is 2. The van der Waals surface area contributed by atoms with Gasteiger partial charge in [0.05, 0.1) is 0 Å². The first kappa shape index (κ1) is 13.1. The van der Waals surface area contributed by atoms with Gasteiger partial charge in [-0.2, -0.15) is 0 Å². The topological polar surface area (TPSA) is 26.0 Å². The normalized spacial score (nSPS) is 13.1. The van der Waals surface area contributed by atoms with E-state index in [1.54, 1.807) is 6.07 Å². The highest BCUT2D eigenvalue weighted by molar-refractivity contribution is 5.19. The Bertz CT molecular complexity index is 337. The maximum Gasteiger partial charge on any atom is 0.162 e. The number of rotatable bonds is 5. The van der Waals surface area contributed by atoms with Crippen LogP contribution >= 0.6 is 0 Å². The van der Waals surface area contributed by atoms with E-state index in [0.717, 1.165) is 12.5 Å². The summed E-state index contributed by atoms with van der Waals surface area (Å²) in [7, 11) is 0. The van der Waals surface area contributed by atoms with Gasteiger partial charge in [-0.25, -0.2) is 8.78 Å². The largest absolute Gasteiger partial charge is 0.330 e. The highest BCUT2D eigenvalue weighted by Gasteiger charge is 2.14. The number of hydrogen-bond donors (Lipinski definition) is 1. The predicted molar refractivity (Wildman–Crippen MR) is 62.1 cm³/mol. The summed E-state index contributed by atoms with van der Waals surface area (Å²) < 4.78 is 26.4.